The van der Waals surface area contributed by atoms with Crippen molar-refractivity contribution >= 4 is 0 Å². The number of aliphatic hydroxyl groups excluding tert-OH is 1. The topological polar surface area (TPSA) is 41.5 Å². The van der Waals surface area contributed by atoms with Crippen molar-refractivity contribution in [1.82, 2.24) is 5.32 Å². The van der Waals surface area contributed by atoms with Crippen molar-refractivity contribution in [2.45, 2.75) is 33.1 Å². The highest BCUT2D eigenvalue weighted by atomic mass is 16.5. The van der Waals surface area contributed by atoms with Crippen LogP contribution < -0.4 is 5.32 Å². The number of hydrogen-bond donors (Lipinski definition) is 2. The zero-order valence-electron chi connectivity index (χ0n) is 9.59. The molecule has 0 heterocycles. The van der Waals surface area contributed by atoms with E-state index >= 15 is 0 Å². The second-order valence-corrected chi connectivity index (χ2v) is 3.99. The zero-order valence-corrected chi connectivity index (χ0v) is 9.59. The molecule has 0 aliphatic rings. The summed E-state index contributed by atoms with van der Waals surface area (Å²) in [6.45, 7) is 8.43. The molecule has 0 amide bonds. The van der Waals surface area contributed by atoms with Crippen LogP contribution in [-0.4, -0.2) is 38.0 Å². The summed E-state index contributed by atoms with van der Waals surface area (Å²) < 4.78 is 5.39. The maximum absolute atomic E-state index is 8.53. The predicted octanol–water partition coefficient (Wildman–Crippen LogP) is 1.41. The Hall–Kier alpha value is -0.120. The molecular formula is C11H25NO2. The van der Waals surface area contributed by atoms with Gasteiger partial charge in [0.2, 0.25) is 0 Å². The van der Waals surface area contributed by atoms with Gasteiger partial charge in [0.1, 0.15) is 0 Å². The van der Waals surface area contributed by atoms with Crippen molar-refractivity contribution in [1.29, 1.82) is 0 Å². The molecular weight excluding hydrogens is 178 g/mol. The highest BCUT2D eigenvalue weighted by Crippen LogP contribution is 1.90. The Kier molecular flexibility index (Phi) is 10.9. The molecule has 0 aromatic heterocycles. The van der Waals surface area contributed by atoms with Crippen LogP contribution in [0.5, 0.6) is 0 Å². The van der Waals surface area contributed by atoms with Gasteiger partial charge in [0.15, 0.2) is 0 Å². The van der Waals surface area contributed by atoms with E-state index in [2.05, 4.69) is 19.2 Å². The van der Waals surface area contributed by atoms with Crippen LogP contribution in [0.2, 0.25) is 0 Å². The molecule has 14 heavy (non-hydrogen) atoms. The van der Waals surface area contributed by atoms with E-state index in [1.165, 1.54) is 0 Å². The molecule has 0 atom stereocenters. The van der Waals surface area contributed by atoms with Gasteiger partial charge in [0, 0.05) is 19.8 Å². The van der Waals surface area contributed by atoms with E-state index < -0.39 is 0 Å². The van der Waals surface area contributed by atoms with Crippen molar-refractivity contribution in [3.8, 4) is 0 Å². The second-order valence-electron chi connectivity index (χ2n) is 3.99. The maximum Gasteiger partial charge on any atom is 0.0478 e. The lowest BCUT2D eigenvalue weighted by atomic mass is 10.2. The molecule has 0 spiro atoms. The zero-order chi connectivity index (χ0) is 10.6. The fraction of sp³-hybridized carbons (Fsp3) is 1.00. The summed E-state index contributed by atoms with van der Waals surface area (Å²) in [7, 11) is 0. The van der Waals surface area contributed by atoms with E-state index in [0.717, 1.165) is 51.5 Å². The third-order valence-corrected chi connectivity index (χ3v) is 1.89. The van der Waals surface area contributed by atoms with E-state index in [-0.39, 0.29) is 6.61 Å². The molecule has 3 nitrogen and oxygen atoms in total. The van der Waals surface area contributed by atoms with E-state index in [1.807, 2.05) is 0 Å². The smallest absolute Gasteiger partial charge is 0.0478 e. The average Bonchev–Trinajstić information content (AvgIpc) is 2.15. The molecule has 0 aliphatic carbocycles. The molecule has 0 radical (unpaired) electrons. The summed E-state index contributed by atoms with van der Waals surface area (Å²) in [6, 6.07) is 0. The van der Waals surface area contributed by atoms with Crippen LogP contribution in [0.15, 0.2) is 0 Å². The van der Waals surface area contributed by atoms with Gasteiger partial charge in [-0.05, 0) is 38.3 Å². The average molecular weight is 203 g/mol. The van der Waals surface area contributed by atoms with Crippen LogP contribution in [-0.2, 0) is 4.74 Å². The van der Waals surface area contributed by atoms with Gasteiger partial charge in [-0.15, -0.1) is 0 Å². The van der Waals surface area contributed by atoms with Crippen LogP contribution in [0.3, 0.4) is 0 Å². The summed E-state index contributed by atoms with van der Waals surface area (Å²) in [5, 5.41) is 11.9. The lowest BCUT2D eigenvalue weighted by Gasteiger charge is -2.07. The molecule has 0 rings (SSSR count). The molecule has 2 N–H and O–H groups in total. The first-order valence-electron chi connectivity index (χ1n) is 5.66. The summed E-state index contributed by atoms with van der Waals surface area (Å²) in [5.41, 5.74) is 0. The monoisotopic (exact) mass is 203 g/mol. The number of nitrogens with one attached hydrogen (secondary N) is 1. The Morgan fingerprint density at radius 2 is 1.86 bits per heavy atom. The van der Waals surface area contributed by atoms with E-state index in [9.17, 15) is 0 Å². The number of ether oxygens (including phenoxy) is 1. The quantitative estimate of drug-likeness (QED) is 0.528. The lowest BCUT2D eigenvalue weighted by Crippen LogP contribution is -2.21. The Morgan fingerprint density at radius 3 is 2.50 bits per heavy atom. The molecule has 3 heteroatoms. The number of rotatable bonds is 10. The van der Waals surface area contributed by atoms with Crippen LogP contribution in [0.4, 0.5) is 0 Å². The van der Waals surface area contributed by atoms with Gasteiger partial charge >= 0.3 is 0 Å². The molecule has 0 saturated heterocycles. The summed E-state index contributed by atoms with van der Waals surface area (Å²) in [6.07, 6.45) is 2.90. The minimum Gasteiger partial charge on any atom is -0.396 e. The summed E-state index contributed by atoms with van der Waals surface area (Å²) in [5.74, 6) is 0.723. The van der Waals surface area contributed by atoms with Gasteiger partial charge in [0.25, 0.3) is 0 Å². The van der Waals surface area contributed by atoms with Crippen LogP contribution in [0.1, 0.15) is 33.1 Å². The Balaban J connectivity index is 2.85. The Morgan fingerprint density at radius 1 is 1.14 bits per heavy atom. The van der Waals surface area contributed by atoms with E-state index in [0.29, 0.717) is 0 Å². The van der Waals surface area contributed by atoms with Crippen LogP contribution in [0.25, 0.3) is 0 Å². The highest BCUT2D eigenvalue weighted by molar-refractivity contribution is 4.50. The van der Waals surface area contributed by atoms with Crippen molar-refractivity contribution in [3.63, 3.8) is 0 Å². The summed E-state index contributed by atoms with van der Waals surface area (Å²) in [4.78, 5) is 0. The van der Waals surface area contributed by atoms with Crippen molar-refractivity contribution < 1.29 is 9.84 Å². The first-order valence-corrected chi connectivity index (χ1v) is 5.66. The van der Waals surface area contributed by atoms with Gasteiger partial charge in [-0.1, -0.05) is 13.8 Å². The fourth-order valence-corrected chi connectivity index (χ4v) is 1.11. The molecule has 0 bridgehead atoms. The normalized spacial score (nSPS) is 11.1. The van der Waals surface area contributed by atoms with E-state index in [4.69, 9.17) is 9.84 Å². The van der Waals surface area contributed by atoms with Crippen molar-refractivity contribution in [2.24, 2.45) is 5.92 Å². The molecule has 0 aliphatic heterocycles. The van der Waals surface area contributed by atoms with Gasteiger partial charge in [0.05, 0.1) is 0 Å². The van der Waals surface area contributed by atoms with Gasteiger partial charge in [-0.3, -0.25) is 0 Å². The first-order chi connectivity index (χ1) is 6.77. The first kappa shape index (κ1) is 13.9. The Bertz CT molecular complexity index is 107. The lowest BCUT2D eigenvalue weighted by molar-refractivity contribution is 0.122. The van der Waals surface area contributed by atoms with Gasteiger partial charge in [-0.2, -0.15) is 0 Å². The summed E-state index contributed by atoms with van der Waals surface area (Å²) >= 11 is 0. The number of hydrogen-bond acceptors (Lipinski definition) is 3. The number of unbranched alkanes of at least 4 members (excludes halogenated alkanes) is 1. The molecule has 0 fully saturated rings. The molecule has 0 saturated carbocycles. The fourth-order valence-electron chi connectivity index (χ4n) is 1.11. The van der Waals surface area contributed by atoms with Gasteiger partial charge in [-0.25, -0.2) is 0 Å². The molecule has 0 unspecified atom stereocenters. The maximum atomic E-state index is 8.53. The minimum atomic E-state index is 0.277. The third kappa shape index (κ3) is 11.9. The number of aliphatic hydroxyl groups is 1. The van der Waals surface area contributed by atoms with Crippen LogP contribution >= 0.6 is 0 Å². The molecule has 0 aromatic carbocycles. The van der Waals surface area contributed by atoms with Crippen molar-refractivity contribution in [3.05, 3.63) is 0 Å². The minimum absolute atomic E-state index is 0.277. The van der Waals surface area contributed by atoms with Crippen molar-refractivity contribution in [2.75, 3.05) is 32.9 Å². The second kappa shape index (κ2) is 11.0. The van der Waals surface area contributed by atoms with Crippen LogP contribution in [0, 0.1) is 5.92 Å². The Labute approximate surface area is 87.8 Å². The van der Waals surface area contributed by atoms with E-state index in [1.54, 1.807) is 0 Å². The molecule has 0 aromatic rings. The highest BCUT2D eigenvalue weighted by Gasteiger charge is 1.93. The predicted molar refractivity (Wildman–Crippen MR) is 59.5 cm³/mol. The SMILES string of the molecule is CC(C)CNCCCOCCCCO. The molecule has 86 valence electrons. The standard InChI is InChI=1S/C11H25NO2/c1-11(2)10-12-6-5-9-14-8-4-3-7-13/h11-13H,3-10H2,1-2H3. The van der Waals surface area contributed by atoms with Gasteiger partial charge < -0.3 is 15.2 Å². The largest absolute Gasteiger partial charge is 0.396 e. The third-order valence-electron chi connectivity index (χ3n) is 1.89.